The average molecular weight is 328 g/mol. The number of piperidine rings is 1. The Hall–Kier alpha value is -2.21. The minimum Gasteiger partial charge on any atom is -0.345 e. The summed E-state index contributed by atoms with van der Waals surface area (Å²) in [6.07, 6.45) is 4.67. The second-order valence-electron chi connectivity index (χ2n) is 6.87. The number of nitrogens with one attached hydrogen (secondary N) is 1. The Morgan fingerprint density at radius 2 is 2.12 bits per heavy atom. The fourth-order valence-electron chi connectivity index (χ4n) is 3.97. The van der Waals surface area contributed by atoms with E-state index in [9.17, 15) is 9.18 Å². The van der Waals surface area contributed by atoms with Crippen molar-refractivity contribution in [3.63, 3.8) is 0 Å². The molecule has 2 atom stereocenters. The van der Waals surface area contributed by atoms with Crippen LogP contribution in [0.5, 0.6) is 0 Å². The molecule has 5 nitrogen and oxygen atoms in total. The number of amides is 1. The summed E-state index contributed by atoms with van der Waals surface area (Å²) in [5.41, 5.74) is 1.41. The van der Waals surface area contributed by atoms with Crippen LogP contribution in [0.15, 0.2) is 30.5 Å². The third kappa shape index (κ3) is 2.51. The first-order chi connectivity index (χ1) is 11.6. The van der Waals surface area contributed by atoms with Gasteiger partial charge in [0.1, 0.15) is 11.5 Å². The molecular formula is C18H21FN4O. The minimum absolute atomic E-state index is 0.109. The molecule has 1 aromatic carbocycles. The van der Waals surface area contributed by atoms with Crippen molar-refractivity contribution in [2.45, 2.75) is 31.7 Å². The van der Waals surface area contributed by atoms with E-state index in [1.807, 2.05) is 0 Å². The van der Waals surface area contributed by atoms with Crippen LogP contribution in [0.4, 0.5) is 4.39 Å². The van der Waals surface area contributed by atoms with Gasteiger partial charge >= 0.3 is 0 Å². The maximum Gasteiger partial charge on any atom is 0.255 e. The van der Waals surface area contributed by atoms with Gasteiger partial charge < -0.3 is 10.2 Å². The van der Waals surface area contributed by atoms with Crippen molar-refractivity contribution in [1.29, 1.82) is 0 Å². The lowest BCUT2D eigenvalue weighted by atomic mass is 9.90. The first kappa shape index (κ1) is 15.3. The maximum atomic E-state index is 14.0. The van der Waals surface area contributed by atoms with Crippen molar-refractivity contribution in [2.75, 3.05) is 19.6 Å². The Kier molecular flexibility index (Phi) is 3.64. The van der Waals surface area contributed by atoms with Gasteiger partial charge in [0.25, 0.3) is 5.91 Å². The largest absolute Gasteiger partial charge is 0.345 e. The Labute approximate surface area is 140 Å². The van der Waals surface area contributed by atoms with Gasteiger partial charge in [-0.05, 0) is 44.9 Å². The van der Waals surface area contributed by atoms with E-state index < -0.39 is 0 Å². The van der Waals surface area contributed by atoms with Crippen LogP contribution in [-0.2, 0) is 0 Å². The van der Waals surface area contributed by atoms with Gasteiger partial charge in [0, 0.05) is 13.1 Å². The Bertz CT molecular complexity index is 783. The zero-order valence-electron chi connectivity index (χ0n) is 13.8. The van der Waals surface area contributed by atoms with Gasteiger partial charge in [-0.1, -0.05) is 12.1 Å². The minimum atomic E-state index is -0.354. The molecule has 4 rings (SSSR count). The van der Waals surface area contributed by atoms with E-state index >= 15 is 0 Å². The van der Waals surface area contributed by atoms with Gasteiger partial charge in [0.15, 0.2) is 0 Å². The molecule has 0 radical (unpaired) electrons. The van der Waals surface area contributed by atoms with Crippen molar-refractivity contribution in [3.8, 4) is 5.69 Å². The van der Waals surface area contributed by atoms with E-state index in [1.54, 1.807) is 25.1 Å². The molecule has 3 heterocycles. The van der Waals surface area contributed by atoms with Crippen molar-refractivity contribution in [1.82, 2.24) is 20.0 Å². The normalized spacial score (nSPS) is 25.7. The highest BCUT2D eigenvalue weighted by molar-refractivity contribution is 5.95. The van der Waals surface area contributed by atoms with Gasteiger partial charge in [-0.2, -0.15) is 5.10 Å². The summed E-state index contributed by atoms with van der Waals surface area (Å²) in [5.74, 6) is -0.466. The van der Waals surface area contributed by atoms with Gasteiger partial charge in [-0.15, -0.1) is 0 Å². The summed E-state index contributed by atoms with van der Waals surface area (Å²) in [5, 5.41) is 7.46. The first-order valence-corrected chi connectivity index (χ1v) is 8.42. The second kappa shape index (κ2) is 5.70. The quantitative estimate of drug-likeness (QED) is 0.940. The van der Waals surface area contributed by atoms with Crippen LogP contribution in [0.3, 0.4) is 0 Å². The van der Waals surface area contributed by atoms with Crippen LogP contribution in [0.25, 0.3) is 5.69 Å². The van der Waals surface area contributed by atoms with Gasteiger partial charge in [-0.25, -0.2) is 9.07 Å². The molecule has 0 spiro atoms. The lowest BCUT2D eigenvalue weighted by Crippen LogP contribution is -2.52. The predicted molar refractivity (Wildman–Crippen MR) is 88.7 cm³/mol. The van der Waals surface area contributed by atoms with E-state index in [4.69, 9.17) is 0 Å². The van der Waals surface area contributed by atoms with Crippen LogP contribution in [-0.4, -0.2) is 45.8 Å². The highest BCUT2D eigenvalue weighted by Crippen LogP contribution is 2.31. The molecule has 24 heavy (non-hydrogen) atoms. The molecule has 0 saturated carbocycles. The third-order valence-corrected chi connectivity index (χ3v) is 5.28. The molecule has 2 saturated heterocycles. The van der Waals surface area contributed by atoms with Gasteiger partial charge in [-0.3, -0.25) is 4.79 Å². The number of aromatic nitrogens is 2. The highest BCUT2D eigenvalue weighted by Gasteiger charge is 2.42. The van der Waals surface area contributed by atoms with Crippen LogP contribution in [0.2, 0.25) is 0 Å². The monoisotopic (exact) mass is 328 g/mol. The fraction of sp³-hybridized carbons (Fsp3) is 0.444. The number of fused-ring (bicyclic) bond motifs is 2. The highest BCUT2D eigenvalue weighted by atomic mass is 19.1. The smallest absolute Gasteiger partial charge is 0.255 e. The average Bonchev–Trinajstić information content (AvgIpc) is 3.08. The fourth-order valence-corrected chi connectivity index (χ4v) is 3.97. The van der Waals surface area contributed by atoms with Gasteiger partial charge in [0.2, 0.25) is 0 Å². The van der Waals surface area contributed by atoms with Gasteiger partial charge in [0.05, 0.1) is 23.0 Å². The molecule has 1 amide bonds. The second-order valence-corrected chi connectivity index (χ2v) is 6.87. The predicted octanol–water partition coefficient (Wildman–Crippen LogP) is 2.29. The molecule has 2 unspecified atom stereocenters. The maximum absolute atomic E-state index is 14.0. The van der Waals surface area contributed by atoms with Crippen LogP contribution in [0, 0.1) is 12.7 Å². The van der Waals surface area contributed by atoms with Crippen LogP contribution < -0.4 is 5.32 Å². The van der Waals surface area contributed by atoms with Crippen molar-refractivity contribution in [2.24, 2.45) is 0 Å². The number of carbonyl (C=O) groups excluding carboxylic acids is 1. The number of nitrogens with zero attached hydrogens (tertiary/aromatic N) is 3. The number of hydrogen-bond donors (Lipinski definition) is 1. The number of carbonyl (C=O) groups is 1. The molecule has 2 aliphatic heterocycles. The topological polar surface area (TPSA) is 50.2 Å². The van der Waals surface area contributed by atoms with E-state index in [-0.39, 0.29) is 17.3 Å². The summed E-state index contributed by atoms with van der Waals surface area (Å²) < 4.78 is 15.5. The Balaban J connectivity index is 1.59. The van der Waals surface area contributed by atoms with Crippen LogP contribution in [0.1, 0.15) is 35.3 Å². The standard InChI is InChI=1S/C18H21FN4O/c1-13-14(11-20-23(13)16-6-3-2-5-15(16)19)17(24)21-18-7-4-9-22(12-18)10-8-18/h2-3,5-6,11H,4,7-10,12H2,1H3,(H,21,24). The molecule has 1 N–H and O–H groups in total. The van der Waals surface area contributed by atoms with Crippen molar-refractivity contribution < 1.29 is 9.18 Å². The lowest BCUT2D eigenvalue weighted by Gasteiger charge is -2.34. The zero-order chi connectivity index (χ0) is 16.7. The van der Waals surface area contributed by atoms with E-state index in [1.165, 1.54) is 16.9 Å². The zero-order valence-corrected chi connectivity index (χ0v) is 13.8. The number of halogens is 1. The molecule has 2 fully saturated rings. The molecular weight excluding hydrogens is 307 g/mol. The summed E-state index contributed by atoms with van der Waals surface area (Å²) >= 11 is 0. The lowest BCUT2D eigenvalue weighted by molar-refractivity contribution is 0.0877. The molecule has 6 heteroatoms. The number of rotatable bonds is 3. The SMILES string of the molecule is Cc1c(C(=O)NC23CCCN(CC2)C3)cnn1-c1ccccc1F. The van der Waals surface area contributed by atoms with Crippen LogP contribution >= 0.6 is 0 Å². The number of para-hydroxylation sites is 1. The van der Waals surface area contributed by atoms with E-state index in [0.717, 1.165) is 38.9 Å². The number of hydrogen-bond acceptors (Lipinski definition) is 3. The molecule has 2 aliphatic rings. The molecule has 0 aliphatic carbocycles. The number of benzene rings is 1. The molecule has 126 valence electrons. The Morgan fingerprint density at radius 3 is 2.96 bits per heavy atom. The molecule has 1 aromatic heterocycles. The summed E-state index contributed by atoms with van der Waals surface area (Å²) in [7, 11) is 0. The summed E-state index contributed by atoms with van der Waals surface area (Å²) in [6.45, 7) is 4.91. The Morgan fingerprint density at radius 1 is 1.29 bits per heavy atom. The van der Waals surface area contributed by atoms with Crippen molar-refractivity contribution in [3.05, 3.63) is 47.5 Å². The molecule has 2 bridgehead atoms. The summed E-state index contributed by atoms with van der Waals surface area (Å²) in [6, 6.07) is 6.45. The first-order valence-electron chi connectivity index (χ1n) is 8.42. The summed E-state index contributed by atoms with van der Waals surface area (Å²) in [4.78, 5) is 15.2. The van der Waals surface area contributed by atoms with E-state index in [0.29, 0.717) is 16.9 Å². The molecule has 2 aromatic rings. The van der Waals surface area contributed by atoms with E-state index in [2.05, 4.69) is 15.3 Å². The third-order valence-electron chi connectivity index (χ3n) is 5.28. The van der Waals surface area contributed by atoms with Crippen molar-refractivity contribution >= 4 is 5.91 Å².